The molecule has 4 rings (SSSR count). The molecule has 31 heavy (non-hydrogen) atoms. The Kier molecular flexibility index (Phi) is 5.73. The van der Waals surface area contributed by atoms with Crippen molar-refractivity contribution < 1.29 is 9.84 Å². The van der Waals surface area contributed by atoms with Crippen molar-refractivity contribution in [1.29, 1.82) is 0 Å². The van der Waals surface area contributed by atoms with E-state index in [-0.39, 0.29) is 16.7 Å². The lowest BCUT2D eigenvalue weighted by Crippen LogP contribution is -2.40. The van der Waals surface area contributed by atoms with Gasteiger partial charge in [0.05, 0.1) is 18.0 Å². The maximum atomic E-state index is 12.9. The molecule has 0 unspecified atom stereocenters. The number of rotatable bonds is 4. The molecule has 3 aromatic rings. The number of thioether (sulfide) groups is 1. The SMILES string of the molecule is CCOc1ccc([C@H]2CC(c3c(O)n(C)c(=O)n(C)c3=O)=Nc3ccccc3S2)cc1. The summed E-state index contributed by atoms with van der Waals surface area (Å²) in [6.45, 7) is 2.53. The van der Waals surface area contributed by atoms with E-state index in [9.17, 15) is 14.7 Å². The van der Waals surface area contributed by atoms with Crippen LogP contribution in [0, 0.1) is 0 Å². The molecule has 1 aliphatic heterocycles. The highest BCUT2D eigenvalue weighted by molar-refractivity contribution is 7.99. The van der Waals surface area contributed by atoms with Crippen LogP contribution in [0.25, 0.3) is 0 Å². The zero-order valence-corrected chi connectivity index (χ0v) is 18.3. The summed E-state index contributed by atoms with van der Waals surface area (Å²) in [5, 5.41) is 10.6. The zero-order valence-electron chi connectivity index (χ0n) is 17.5. The number of fused-ring (bicyclic) bond motifs is 1. The second-order valence-corrected chi connectivity index (χ2v) is 8.49. The van der Waals surface area contributed by atoms with Crippen LogP contribution in [0.5, 0.6) is 11.6 Å². The van der Waals surface area contributed by atoms with Gasteiger partial charge in [-0.3, -0.25) is 18.9 Å². The monoisotopic (exact) mass is 437 g/mol. The fraction of sp³-hybridized carbons (Fsp3) is 0.261. The number of aliphatic imine (C=N–C) groups is 1. The van der Waals surface area contributed by atoms with Crippen LogP contribution in [0.3, 0.4) is 0 Å². The van der Waals surface area contributed by atoms with Crippen LogP contribution < -0.4 is 16.0 Å². The molecular formula is C23H23N3O4S. The summed E-state index contributed by atoms with van der Waals surface area (Å²) in [6, 6.07) is 15.6. The molecular weight excluding hydrogens is 414 g/mol. The molecule has 2 heterocycles. The first-order chi connectivity index (χ1) is 14.9. The summed E-state index contributed by atoms with van der Waals surface area (Å²) in [5.41, 5.74) is 1.14. The second-order valence-electron chi connectivity index (χ2n) is 7.24. The molecule has 7 nitrogen and oxygen atoms in total. The molecule has 1 aromatic heterocycles. The van der Waals surface area contributed by atoms with Gasteiger partial charge in [-0.05, 0) is 36.8 Å². The third-order valence-electron chi connectivity index (χ3n) is 5.25. The Labute approximate surface area is 183 Å². The Balaban J connectivity index is 1.86. The van der Waals surface area contributed by atoms with Crippen LogP contribution in [-0.4, -0.2) is 26.6 Å². The molecule has 2 aromatic carbocycles. The number of nitrogens with zero attached hydrogens (tertiary/aromatic N) is 3. The van der Waals surface area contributed by atoms with Crippen LogP contribution in [-0.2, 0) is 14.1 Å². The van der Waals surface area contributed by atoms with Crippen LogP contribution in [0.15, 0.2) is 68.0 Å². The van der Waals surface area contributed by atoms with Gasteiger partial charge in [-0.2, -0.15) is 0 Å². The molecule has 0 spiro atoms. The van der Waals surface area contributed by atoms with E-state index in [0.29, 0.717) is 18.7 Å². The van der Waals surface area contributed by atoms with E-state index in [4.69, 9.17) is 9.73 Å². The minimum absolute atomic E-state index is 0.0422. The molecule has 0 fully saturated rings. The molecule has 0 saturated heterocycles. The first kappa shape index (κ1) is 21.0. The number of ether oxygens (including phenoxy) is 1. The molecule has 0 aliphatic carbocycles. The van der Waals surface area contributed by atoms with E-state index in [2.05, 4.69) is 0 Å². The molecule has 1 atom stereocenters. The van der Waals surface area contributed by atoms with Crippen molar-refractivity contribution in [2.45, 2.75) is 23.5 Å². The minimum atomic E-state index is -0.585. The van der Waals surface area contributed by atoms with Crippen LogP contribution in [0.1, 0.15) is 29.7 Å². The van der Waals surface area contributed by atoms with Gasteiger partial charge in [0, 0.05) is 30.7 Å². The first-order valence-corrected chi connectivity index (χ1v) is 10.8. The van der Waals surface area contributed by atoms with E-state index in [1.54, 1.807) is 11.8 Å². The highest BCUT2D eigenvalue weighted by Gasteiger charge is 2.27. The molecule has 0 amide bonds. The maximum Gasteiger partial charge on any atom is 0.333 e. The van der Waals surface area contributed by atoms with Crippen LogP contribution >= 0.6 is 11.8 Å². The lowest BCUT2D eigenvalue weighted by molar-refractivity contribution is 0.340. The van der Waals surface area contributed by atoms with E-state index < -0.39 is 11.2 Å². The van der Waals surface area contributed by atoms with Crippen LogP contribution in [0.4, 0.5) is 5.69 Å². The Morgan fingerprint density at radius 1 is 1.10 bits per heavy atom. The third kappa shape index (κ3) is 3.90. The summed E-state index contributed by atoms with van der Waals surface area (Å²) >= 11 is 1.66. The zero-order chi connectivity index (χ0) is 22.1. The van der Waals surface area contributed by atoms with E-state index >= 15 is 0 Å². The highest BCUT2D eigenvalue weighted by Crippen LogP contribution is 2.45. The average Bonchev–Trinajstić information content (AvgIpc) is 2.97. The predicted octanol–water partition coefficient (Wildman–Crippen LogP) is 3.55. The number of hydrogen-bond donors (Lipinski definition) is 1. The van der Waals surface area contributed by atoms with Crippen molar-refractivity contribution in [2.24, 2.45) is 19.1 Å². The molecule has 160 valence electrons. The van der Waals surface area contributed by atoms with Gasteiger partial charge in [-0.25, -0.2) is 4.79 Å². The van der Waals surface area contributed by atoms with Gasteiger partial charge in [-0.1, -0.05) is 24.3 Å². The molecule has 8 heteroatoms. The van der Waals surface area contributed by atoms with Gasteiger partial charge in [0.15, 0.2) is 0 Å². The van der Waals surface area contributed by atoms with Gasteiger partial charge < -0.3 is 9.84 Å². The van der Waals surface area contributed by atoms with Crippen molar-refractivity contribution in [1.82, 2.24) is 9.13 Å². The largest absolute Gasteiger partial charge is 0.494 e. The lowest BCUT2D eigenvalue weighted by atomic mass is 10.0. The normalized spacial score (nSPS) is 15.7. The summed E-state index contributed by atoms with van der Waals surface area (Å²) in [6.07, 6.45) is 0.411. The average molecular weight is 438 g/mol. The maximum absolute atomic E-state index is 12.9. The smallest absolute Gasteiger partial charge is 0.333 e. The fourth-order valence-corrected chi connectivity index (χ4v) is 4.82. The quantitative estimate of drug-likeness (QED) is 0.675. The molecule has 0 radical (unpaired) electrons. The number of benzene rings is 2. The molecule has 1 aliphatic rings. The van der Waals surface area contributed by atoms with Gasteiger partial charge in [-0.15, -0.1) is 11.8 Å². The van der Waals surface area contributed by atoms with Crippen LogP contribution in [0.2, 0.25) is 0 Å². The topological polar surface area (TPSA) is 85.8 Å². The van der Waals surface area contributed by atoms with Crippen molar-refractivity contribution >= 4 is 23.2 Å². The number of aromatic nitrogens is 2. The van der Waals surface area contributed by atoms with Crippen molar-refractivity contribution in [3.05, 3.63) is 80.5 Å². The minimum Gasteiger partial charge on any atom is -0.494 e. The van der Waals surface area contributed by atoms with E-state index in [1.165, 1.54) is 14.1 Å². The van der Waals surface area contributed by atoms with Gasteiger partial charge in [0.2, 0.25) is 5.88 Å². The Morgan fingerprint density at radius 3 is 2.52 bits per heavy atom. The summed E-state index contributed by atoms with van der Waals surface area (Å²) in [4.78, 5) is 30.9. The van der Waals surface area contributed by atoms with Gasteiger partial charge >= 0.3 is 5.69 Å². The number of hydrogen-bond acceptors (Lipinski definition) is 6. The summed E-state index contributed by atoms with van der Waals surface area (Å²) in [5.74, 6) is 0.422. The summed E-state index contributed by atoms with van der Waals surface area (Å²) in [7, 11) is 2.84. The van der Waals surface area contributed by atoms with Crippen molar-refractivity contribution in [3.63, 3.8) is 0 Å². The number of aromatic hydroxyl groups is 1. The van der Waals surface area contributed by atoms with E-state index in [0.717, 1.165) is 31.0 Å². The van der Waals surface area contributed by atoms with Crippen molar-refractivity contribution in [3.8, 4) is 11.6 Å². The van der Waals surface area contributed by atoms with Crippen molar-refractivity contribution in [2.75, 3.05) is 6.61 Å². The third-order valence-corrected chi connectivity index (χ3v) is 6.58. The number of para-hydroxylation sites is 1. The molecule has 0 bridgehead atoms. The Morgan fingerprint density at radius 2 is 1.81 bits per heavy atom. The highest BCUT2D eigenvalue weighted by atomic mass is 32.2. The molecule has 0 saturated carbocycles. The fourth-order valence-electron chi connectivity index (χ4n) is 3.59. The Bertz CT molecular complexity index is 1280. The lowest BCUT2D eigenvalue weighted by Gasteiger charge is -2.17. The van der Waals surface area contributed by atoms with Gasteiger partial charge in [0.25, 0.3) is 5.56 Å². The summed E-state index contributed by atoms with van der Waals surface area (Å²) < 4.78 is 7.61. The van der Waals surface area contributed by atoms with E-state index in [1.807, 2.05) is 55.5 Å². The molecule has 1 N–H and O–H groups in total. The van der Waals surface area contributed by atoms with Gasteiger partial charge in [0.1, 0.15) is 11.3 Å². The predicted molar refractivity (Wildman–Crippen MR) is 122 cm³/mol. The second kappa shape index (κ2) is 8.47. The Hall–Kier alpha value is -3.26. The standard InChI is InChI=1S/C23H23N3O4S/c1-4-30-15-11-9-14(10-12-15)19-13-17(24-16-7-5-6-8-18(16)31-19)20-21(27)25(2)23(29)26(3)22(20)28/h5-12,19,27H,4,13H2,1-3H3/t19-/m1/s1. The first-order valence-electron chi connectivity index (χ1n) is 9.96.